The molecular weight excluding hydrogens is 388 g/mol. The van der Waals surface area contributed by atoms with E-state index < -0.39 is 17.9 Å². The Bertz CT molecular complexity index is 1040. The summed E-state index contributed by atoms with van der Waals surface area (Å²) in [5.74, 6) is -0.335. The number of halogens is 4. The Kier molecular flexibility index (Phi) is 4.73. The highest BCUT2D eigenvalue weighted by Crippen LogP contribution is 2.30. The smallest absolute Gasteiger partial charge is 0.348 e. The van der Waals surface area contributed by atoms with Gasteiger partial charge in [-0.3, -0.25) is 4.98 Å². The summed E-state index contributed by atoms with van der Waals surface area (Å²) in [5, 5.41) is 2.50. The van der Waals surface area contributed by atoms with Crippen molar-refractivity contribution < 1.29 is 22.4 Å². The lowest BCUT2D eigenvalue weighted by atomic mass is 10.1. The van der Waals surface area contributed by atoms with E-state index in [1.54, 1.807) is 12.1 Å². The van der Waals surface area contributed by atoms with Crippen molar-refractivity contribution in [2.24, 2.45) is 0 Å². The van der Waals surface area contributed by atoms with E-state index in [4.69, 9.17) is 0 Å². The maximum atomic E-state index is 13.2. The summed E-state index contributed by atoms with van der Waals surface area (Å²) in [7, 11) is 0. The zero-order chi connectivity index (χ0) is 20.6. The molecule has 29 heavy (non-hydrogen) atoms. The molecule has 0 radical (unpaired) electrons. The van der Waals surface area contributed by atoms with Crippen molar-refractivity contribution >= 4 is 11.7 Å². The molecule has 1 N–H and O–H groups in total. The molecule has 0 unspecified atom stereocenters. The molecule has 1 aliphatic heterocycles. The van der Waals surface area contributed by atoms with Crippen LogP contribution in [0.4, 0.5) is 28.0 Å². The molecule has 3 heterocycles. The topological polar surface area (TPSA) is 50.2 Å². The Balaban J connectivity index is 1.52. The van der Waals surface area contributed by atoms with Crippen molar-refractivity contribution in [1.29, 1.82) is 0 Å². The number of alkyl halides is 3. The highest BCUT2D eigenvalue weighted by atomic mass is 19.4. The monoisotopic (exact) mass is 404 g/mol. The molecule has 1 aromatic carbocycles. The van der Waals surface area contributed by atoms with Crippen LogP contribution in [0.1, 0.15) is 11.4 Å². The SMILES string of the molecule is O=C(Nc1ccnc(C(F)(F)F)c1)N1CCn2ccc(-c3ccc(F)cc3)c2C1. The van der Waals surface area contributed by atoms with Gasteiger partial charge in [0.05, 0.1) is 6.54 Å². The summed E-state index contributed by atoms with van der Waals surface area (Å²) in [4.78, 5) is 17.4. The molecule has 4 rings (SSSR count). The fourth-order valence-electron chi connectivity index (χ4n) is 3.31. The number of nitrogens with one attached hydrogen (secondary N) is 1. The molecule has 2 amide bonds. The first kappa shape index (κ1) is 19.0. The van der Waals surface area contributed by atoms with Gasteiger partial charge in [-0.25, -0.2) is 9.18 Å². The molecule has 0 saturated heterocycles. The molecule has 0 bridgehead atoms. The second kappa shape index (κ2) is 7.23. The van der Waals surface area contributed by atoms with Gasteiger partial charge >= 0.3 is 12.2 Å². The van der Waals surface area contributed by atoms with Gasteiger partial charge in [-0.1, -0.05) is 12.1 Å². The number of hydrogen-bond donors (Lipinski definition) is 1. The summed E-state index contributed by atoms with van der Waals surface area (Å²) in [6, 6.07) is 9.59. The maximum Gasteiger partial charge on any atom is 0.433 e. The summed E-state index contributed by atoms with van der Waals surface area (Å²) in [5.41, 5.74) is 1.54. The summed E-state index contributed by atoms with van der Waals surface area (Å²) >= 11 is 0. The summed E-state index contributed by atoms with van der Waals surface area (Å²) < 4.78 is 53.6. The normalized spacial score (nSPS) is 13.9. The van der Waals surface area contributed by atoms with Gasteiger partial charge in [0.1, 0.15) is 11.5 Å². The second-order valence-corrected chi connectivity index (χ2v) is 6.66. The van der Waals surface area contributed by atoms with Gasteiger partial charge in [-0.2, -0.15) is 13.2 Å². The van der Waals surface area contributed by atoms with E-state index in [0.29, 0.717) is 13.1 Å². The number of nitrogens with zero attached hydrogens (tertiary/aromatic N) is 3. The van der Waals surface area contributed by atoms with E-state index >= 15 is 0 Å². The van der Waals surface area contributed by atoms with Gasteiger partial charge in [-0.15, -0.1) is 0 Å². The third-order valence-corrected chi connectivity index (χ3v) is 4.77. The highest BCUT2D eigenvalue weighted by Gasteiger charge is 2.32. The molecule has 1 aliphatic rings. The third kappa shape index (κ3) is 3.94. The van der Waals surface area contributed by atoms with Gasteiger partial charge < -0.3 is 14.8 Å². The molecule has 0 fully saturated rings. The molecule has 9 heteroatoms. The molecule has 0 aliphatic carbocycles. The summed E-state index contributed by atoms with van der Waals surface area (Å²) in [6.45, 7) is 1.24. The number of urea groups is 1. The van der Waals surface area contributed by atoms with Crippen molar-refractivity contribution in [3.05, 3.63) is 72.1 Å². The minimum Gasteiger partial charge on any atom is -0.348 e. The van der Waals surface area contributed by atoms with Crippen LogP contribution in [0.3, 0.4) is 0 Å². The van der Waals surface area contributed by atoms with Gasteiger partial charge in [0.25, 0.3) is 0 Å². The second-order valence-electron chi connectivity index (χ2n) is 6.66. The quantitative estimate of drug-likeness (QED) is 0.627. The lowest BCUT2D eigenvalue weighted by Gasteiger charge is -2.29. The molecule has 0 saturated carbocycles. The van der Waals surface area contributed by atoms with E-state index in [9.17, 15) is 22.4 Å². The van der Waals surface area contributed by atoms with Crippen LogP contribution < -0.4 is 5.32 Å². The van der Waals surface area contributed by atoms with E-state index in [1.165, 1.54) is 23.1 Å². The Morgan fingerprint density at radius 1 is 1.07 bits per heavy atom. The van der Waals surface area contributed by atoms with E-state index in [2.05, 4.69) is 10.3 Å². The molecule has 0 spiro atoms. The van der Waals surface area contributed by atoms with Crippen LogP contribution >= 0.6 is 0 Å². The number of hydrogen-bond acceptors (Lipinski definition) is 2. The number of rotatable bonds is 2. The molecule has 150 valence electrons. The minimum absolute atomic E-state index is 0.0250. The average Bonchev–Trinajstić information content (AvgIpc) is 3.11. The largest absolute Gasteiger partial charge is 0.433 e. The number of aromatic nitrogens is 2. The van der Waals surface area contributed by atoms with Crippen LogP contribution in [-0.4, -0.2) is 27.0 Å². The molecule has 5 nitrogen and oxygen atoms in total. The van der Waals surface area contributed by atoms with Crippen LogP contribution in [0, 0.1) is 5.82 Å². The molecular formula is C20H16F4N4O. The molecule has 2 aromatic heterocycles. The van der Waals surface area contributed by atoms with Crippen LogP contribution in [0.5, 0.6) is 0 Å². The van der Waals surface area contributed by atoms with Crippen molar-refractivity contribution in [3.8, 4) is 11.1 Å². The first-order valence-corrected chi connectivity index (χ1v) is 8.84. The van der Waals surface area contributed by atoms with Crippen LogP contribution in [0.15, 0.2) is 54.9 Å². The van der Waals surface area contributed by atoms with E-state index in [1.807, 2.05) is 16.8 Å². The fraction of sp³-hybridized carbons (Fsp3) is 0.200. The van der Waals surface area contributed by atoms with Crippen molar-refractivity contribution in [1.82, 2.24) is 14.5 Å². The summed E-state index contributed by atoms with van der Waals surface area (Å²) in [6.07, 6.45) is -1.68. The number of pyridine rings is 1. The van der Waals surface area contributed by atoms with Crippen molar-refractivity contribution in [2.75, 3.05) is 11.9 Å². The lowest BCUT2D eigenvalue weighted by molar-refractivity contribution is -0.141. The van der Waals surface area contributed by atoms with Gasteiger partial charge in [0, 0.05) is 42.4 Å². The van der Waals surface area contributed by atoms with Crippen molar-refractivity contribution in [3.63, 3.8) is 0 Å². The first-order valence-electron chi connectivity index (χ1n) is 8.84. The van der Waals surface area contributed by atoms with Crippen LogP contribution in [0.2, 0.25) is 0 Å². The van der Waals surface area contributed by atoms with Gasteiger partial charge in [-0.05, 0) is 35.9 Å². The van der Waals surface area contributed by atoms with E-state index in [0.717, 1.165) is 29.1 Å². The third-order valence-electron chi connectivity index (χ3n) is 4.77. The predicted octanol–water partition coefficient (Wildman–Crippen LogP) is 4.76. The minimum atomic E-state index is -4.59. The number of carbonyl (C=O) groups is 1. The number of amides is 2. The Morgan fingerprint density at radius 2 is 1.83 bits per heavy atom. The Morgan fingerprint density at radius 3 is 2.55 bits per heavy atom. The highest BCUT2D eigenvalue weighted by molar-refractivity contribution is 5.89. The standard InChI is InChI=1S/C20H16F4N4O/c21-14-3-1-13(2-4-14)16-6-8-27-9-10-28(12-17(16)27)19(29)26-15-5-7-25-18(11-15)20(22,23)24/h1-8,11H,9-10,12H2,(H,25,26,29). The number of benzene rings is 1. The van der Waals surface area contributed by atoms with Gasteiger partial charge in [0.2, 0.25) is 0 Å². The average molecular weight is 404 g/mol. The van der Waals surface area contributed by atoms with Crippen LogP contribution in [0.25, 0.3) is 11.1 Å². The zero-order valence-electron chi connectivity index (χ0n) is 15.1. The lowest BCUT2D eigenvalue weighted by Crippen LogP contribution is -2.40. The van der Waals surface area contributed by atoms with E-state index in [-0.39, 0.29) is 18.0 Å². The predicted molar refractivity (Wildman–Crippen MR) is 98.5 cm³/mol. The van der Waals surface area contributed by atoms with Crippen molar-refractivity contribution in [2.45, 2.75) is 19.3 Å². The fourth-order valence-corrected chi connectivity index (χ4v) is 3.31. The first-order chi connectivity index (χ1) is 13.8. The Labute approximate surface area is 163 Å². The maximum absolute atomic E-state index is 13.2. The molecule has 3 aromatic rings. The molecule has 0 atom stereocenters. The van der Waals surface area contributed by atoms with Gasteiger partial charge in [0.15, 0.2) is 0 Å². The number of anilines is 1. The number of fused-ring (bicyclic) bond motifs is 1. The Hall–Kier alpha value is -3.36. The zero-order valence-corrected chi connectivity index (χ0v) is 15.1. The van der Waals surface area contributed by atoms with Crippen LogP contribution in [-0.2, 0) is 19.3 Å². The number of carbonyl (C=O) groups excluding carboxylic acids is 1.